The van der Waals surface area contributed by atoms with Crippen molar-refractivity contribution >= 4 is 28.7 Å². The summed E-state index contributed by atoms with van der Waals surface area (Å²) in [6, 6.07) is 5.08. The lowest BCUT2D eigenvalue weighted by molar-refractivity contribution is 0.455. The van der Waals surface area contributed by atoms with E-state index in [4.69, 9.17) is 16.0 Å². The lowest BCUT2D eigenvalue weighted by atomic mass is 10.1. The monoisotopic (exact) mass is 291 g/mol. The summed E-state index contributed by atoms with van der Waals surface area (Å²) >= 11 is 6.21. The van der Waals surface area contributed by atoms with Crippen molar-refractivity contribution in [2.75, 3.05) is 24.5 Å². The van der Waals surface area contributed by atoms with Gasteiger partial charge in [0.2, 0.25) is 0 Å². The van der Waals surface area contributed by atoms with Crippen LogP contribution in [0.5, 0.6) is 0 Å². The van der Waals surface area contributed by atoms with Crippen LogP contribution in [0, 0.1) is 0 Å². The van der Waals surface area contributed by atoms with Crippen LogP contribution in [0.2, 0.25) is 5.02 Å². The standard InChI is InChI=1S/C15H18ClN3O/c1-9-8-17-4-5-19(9)15-18-13-7-11(16)6-12(10-2-3-10)14(13)20-15/h6-7,9-10,17H,2-5,8H2,1H3/t9-/m0/s1. The lowest BCUT2D eigenvalue weighted by Gasteiger charge is -2.32. The predicted molar refractivity (Wildman–Crippen MR) is 80.7 cm³/mol. The summed E-state index contributed by atoms with van der Waals surface area (Å²) in [4.78, 5) is 6.90. The van der Waals surface area contributed by atoms with Crippen molar-refractivity contribution in [2.45, 2.75) is 31.7 Å². The Bertz CT molecular complexity index is 650. The van der Waals surface area contributed by atoms with Gasteiger partial charge in [-0.25, -0.2) is 0 Å². The van der Waals surface area contributed by atoms with Gasteiger partial charge in [0.05, 0.1) is 0 Å². The summed E-state index contributed by atoms with van der Waals surface area (Å²) < 4.78 is 6.09. The van der Waals surface area contributed by atoms with Crippen molar-refractivity contribution in [3.05, 3.63) is 22.7 Å². The molecule has 1 atom stereocenters. The van der Waals surface area contributed by atoms with Gasteiger partial charge in [-0.2, -0.15) is 4.98 Å². The molecule has 1 aromatic carbocycles. The van der Waals surface area contributed by atoms with Gasteiger partial charge in [-0.05, 0) is 37.8 Å². The van der Waals surface area contributed by atoms with Crippen molar-refractivity contribution in [3.63, 3.8) is 0 Å². The molecule has 2 heterocycles. The molecule has 1 aliphatic heterocycles. The molecular weight excluding hydrogens is 274 g/mol. The maximum atomic E-state index is 6.21. The van der Waals surface area contributed by atoms with Crippen LogP contribution in [0.3, 0.4) is 0 Å². The van der Waals surface area contributed by atoms with E-state index in [0.29, 0.717) is 12.0 Å². The first kappa shape index (κ1) is 12.5. The van der Waals surface area contributed by atoms with Crippen LogP contribution in [-0.4, -0.2) is 30.7 Å². The Balaban J connectivity index is 1.79. The number of benzene rings is 1. The smallest absolute Gasteiger partial charge is 0.298 e. The number of fused-ring (bicyclic) bond motifs is 1. The molecule has 1 aromatic heterocycles. The van der Waals surface area contributed by atoms with E-state index in [1.54, 1.807) is 0 Å². The van der Waals surface area contributed by atoms with E-state index < -0.39 is 0 Å². The van der Waals surface area contributed by atoms with E-state index in [9.17, 15) is 0 Å². The molecule has 0 amide bonds. The average Bonchev–Trinajstić information content (AvgIpc) is 3.18. The zero-order valence-electron chi connectivity index (χ0n) is 11.5. The van der Waals surface area contributed by atoms with E-state index in [2.05, 4.69) is 22.1 Å². The Morgan fingerprint density at radius 2 is 2.25 bits per heavy atom. The van der Waals surface area contributed by atoms with Crippen molar-refractivity contribution in [3.8, 4) is 0 Å². The number of rotatable bonds is 2. The average molecular weight is 292 g/mol. The molecule has 106 valence electrons. The van der Waals surface area contributed by atoms with E-state index >= 15 is 0 Å². The zero-order valence-corrected chi connectivity index (χ0v) is 12.3. The molecule has 1 aliphatic carbocycles. The number of oxazole rings is 1. The van der Waals surface area contributed by atoms with Crippen molar-refractivity contribution in [1.82, 2.24) is 10.3 Å². The van der Waals surface area contributed by atoms with Crippen LogP contribution in [0.25, 0.3) is 11.1 Å². The van der Waals surface area contributed by atoms with Crippen LogP contribution in [0.1, 0.15) is 31.2 Å². The van der Waals surface area contributed by atoms with Gasteiger partial charge in [0.25, 0.3) is 6.01 Å². The highest BCUT2D eigenvalue weighted by Crippen LogP contribution is 2.45. The van der Waals surface area contributed by atoms with Crippen LogP contribution in [-0.2, 0) is 0 Å². The number of hydrogen-bond donors (Lipinski definition) is 1. The van der Waals surface area contributed by atoms with Crippen molar-refractivity contribution in [2.24, 2.45) is 0 Å². The van der Waals surface area contributed by atoms with Crippen LogP contribution in [0.15, 0.2) is 16.5 Å². The molecule has 1 saturated heterocycles. The number of aromatic nitrogens is 1. The van der Waals surface area contributed by atoms with E-state index in [-0.39, 0.29) is 0 Å². The molecule has 2 aliphatic rings. The molecular formula is C15H18ClN3O. The summed E-state index contributed by atoms with van der Waals surface area (Å²) in [5, 5.41) is 4.14. The summed E-state index contributed by atoms with van der Waals surface area (Å²) in [7, 11) is 0. The fourth-order valence-electron chi connectivity index (χ4n) is 2.96. The predicted octanol–water partition coefficient (Wildman–Crippen LogP) is 3.16. The van der Waals surface area contributed by atoms with Crippen molar-refractivity contribution in [1.29, 1.82) is 0 Å². The zero-order chi connectivity index (χ0) is 13.7. The van der Waals surface area contributed by atoms with Gasteiger partial charge in [0.1, 0.15) is 5.52 Å². The van der Waals surface area contributed by atoms with Crippen LogP contribution < -0.4 is 10.2 Å². The van der Waals surface area contributed by atoms with E-state index in [1.165, 1.54) is 18.4 Å². The second-order valence-corrected chi connectivity index (χ2v) is 6.30. The normalized spacial score (nSPS) is 23.5. The number of hydrogen-bond acceptors (Lipinski definition) is 4. The Morgan fingerprint density at radius 1 is 1.40 bits per heavy atom. The van der Waals surface area contributed by atoms with Gasteiger partial charge < -0.3 is 14.6 Å². The molecule has 4 rings (SSSR count). The highest BCUT2D eigenvalue weighted by molar-refractivity contribution is 6.31. The quantitative estimate of drug-likeness (QED) is 0.923. The fraction of sp³-hybridized carbons (Fsp3) is 0.533. The first-order chi connectivity index (χ1) is 9.72. The minimum absolute atomic E-state index is 0.400. The summed E-state index contributed by atoms with van der Waals surface area (Å²) in [5.74, 6) is 0.609. The third-order valence-electron chi connectivity index (χ3n) is 4.24. The molecule has 0 bridgehead atoms. The molecule has 1 N–H and O–H groups in total. The maximum absolute atomic E-state index is 6.21. The van der Waals surface area contributed by atoms with Gasteiger partial charge in [-0.3, -0.25) is 0 Å². The Kier molecular flexibility index (Phi) is 2.89. The van der Waals surface area contributed by atoms with Crippen LogP contribution in [0.4, 0.5) is 6.01 Å². The van der Waals surface area contributed by atoms with Gasteiger partial charge >= 0.3 is 0 Å². The minimum Gasteiger partial charge on any atom is -0.423 e. The SMILES string of the molecule is C[C@H]1CNCCN1c1nc2cc(Cl)cc(C3CC3)c2o1. The number of halogens is 1. The second-order valence-electron chi connectivity index (χ2n) is 5.86. The highest BCUT2D eigenvalue weighted by Gasteiger charge is 2.29. The summed E-state index contributed by atoms with van der Waals surface area (Å²) in [6.45, 7) is 5.06. The maximum Gasteiger partial charge on any atom is 0.298 e. The largest absolute Gasteiger partial charge is 0.423 e. The molecule has 1 saturated carbocycles. The minimum atomic E-state index is 0.400. The summed E-state index contributed by atoms with van der Waals surface area (Å²) in [5.41, 5.74) is 3.05. The van der Waals surface area contributed by atoms with Crippen LogP contribution >= 0.6 is 11.6 Å². The first-order valence-corrected chi connectivity index (χ1v) is 7.67. The van der Waals surface area contributed by atoms with Gasteiger partial charge in [-0.1, -0.05) is 11.6 Å². The van der Waals surface area contributed by atoms with Gasteiger partial charge in [0, 0.05) is 36.3 Å². The Morgan fingerprint density at radius 3 is 3.00 bits per heavy atom. The fourth-order valence-corrected chi connectivity index (χ4v) is 3.18. The molecule has 20 heavy (non-hydrogen) atoms. The highest BCUT2D eigenvalue weighted by atomic mass is 35.5. The molecule has 2 fully saturated rings. The van der Waals surface area contributed by atoms with Gasteiger partial charge in [-0.15, -0.1) is 0 Å². The molecule has 5 heteroatoms. The van der Waals surface area contributed by atoms with E-state index in [0.717, 1.165) is 41.8 Å². The second kappa shape index (κ2) is 4.64. The Labute approximate surface area is 123 Å². The molecule has 2 aromatic rings. The molecule has 0 radical (unpaired) electrons. The molecule has 0 spiro atoms. The first-order valence-electron chi connectivity index (χ1n) is 7.30. The van der Waals surface area contributed by atoms with E-state index in [1.807, 2.05) is 12.1 Å². The van der Waals surface area contributed by atoms with Gasteiger partial charge in [0.15, 0.2) is 5.58 Å². The number of anilines is 1. The number of piperazine rings is 1. The summed E-state index contributed by atoms with van der Waals surface area (Å²) in [6.07, 6.45) is 2.46. The molecule has 4 nitrogen and oxygen atoms in total. The molecule has 0 unspecified atom stereocenters. The van der Waals surface area contributed by atoms with Crippen molar-refractivity contribution < 1.29 is 4.42 Å². The third kappa shape index (κ3) is 2.07. The third-order valence-corrected chi connectivity index (χ3v) is 4.45. The number of nitrogens with one attached hydrogen (secondary N) is 1. The number of nitrogens with zero attached hydrogens (tertiary/aromatic N) is 2. The lowest BCUT2D eigenvalue weighted by Crippen LogP contribution is -2.50. The topological polar surface area (TPSA) is 41.3 Å². The Hall–Kier alpha value is -1.26.